The normalized spacial score (nSPS) is 21.1. The maximum atomic E-state index is 3.07. The van der Waals surface area contributed by atoms with E-state index in [0.29, 0.717) is 0 Å². The zero-order chi connectivity index (χ0) is 14.5. The molecule has 0 radical (unpaired) electrons. The summed E-state index contributed by atoms with van der Waals surface area (Å²) < 4.78 is 0. The molecule has 0 atom stereocenters. The van der Waals surface area contributed by atoms with Crippen LogP contribution in [0.5, 0.6) is 0 Å². The molecule has 1 aliphatic carbocycles. The summed E-state index contributed by atoms with van der Waals surface area (Å²) in [7, 11) is 0. The Morgan fingerprint density at radius 2 is 1.45 bits per heavy atom. The summed E-state index contributed by atoms with van der Waals surface area (Å²) in [6.45, 7) is 2.40. The van der Waals surface area contributed by atoms with Crippen molar-refractivity contribution < 1.29 is 32.7 Å². The standard InChI is InChI=1S/C21H25.Y/c1-17-7-9-18(10-8-17)11-12-19-13-15-21(16-14-19)20-5-3-2-4-6-20;/h3-6,13-18H,7-12H2,1H3;/q-1;+3. The van der Waals surface area contributed by atoms with Crippen LogP contribution < -0.4 is 0 Å². The second-order valence-corrected chi connectivity index (χ2v) is 6.65. The van der Waals surface area contributed by atoms with Crippen LogP contribution in [0, 0.1) is 17.9 Å². The van der Waals surface area contributed by atoms with Gasteiger partial charge in [0.2, 0.25) is 0 Å². The van der Waals surface area contributed by atoms with Crippen molar-refractivity contribution >= 4 is 0 Å². The monoisotopic (exact) mass is 366 g/mol. The average Bonchev–Trinajstić information content (AvgIpc) is 2.56. The third-order valence-corrected chi connectivity index (χ3v) is 4.98. The summed E-state index contributed by atoms with van der Waals surface area (Å²) in [6, 6.07) is 20.4. The summed E-state index contributed by atoms with van der Waals surface area (Å²) in [5.74, 6) is 1.93. The van der Waals surface area contributed by atoms with Gasteiger partial charge in [-0.1, -0.05) is 56.9 Å². The van der Waals surface area contributed by atoms with Crippen molar-refractivity contribution in [2.75, 3.05) is 0 Å². The second kappa shape index (κ2) is 8.99. The van der Waals surface area contributed by atoms with Gasteiger partial charge in [0, 0.05) is 0 Å². The summed E-state index contributed by atoms with van der Waals surface area (Å²) in [5, 5.41) is 0. The second-order valence-electron chi connectivity index (χ2n) is 6.65. The Hall–Kier alpha value is -0.456. The van der Waals surface area contributed by atoms with Crippen molar-refractivity contribution in [3.63, 3.8) is 0 Å². The van der Waals surface area contributed by atoms with Gasteiger partial charge in [-0.3, -0.25) is 0 Å². The van der Waals surface area contributed by atoms with Crippen LogP contribution in [0.1, 0.15) is 44.6 Å². The van der Waals surface area contributed by atoms with Crippen LogP contribution in [0.15, 0.2) is 48.5 Å². The Kier molecular flexibility index (Phi) is 7.31. The molecule has 0 nitrogen and oxygen atoms in total. The summed E-state index contributed by atoms with van der Waals surface area (Å²) in [4.78, 5) is 0. The quantitative estimate of drug-likeness (QED) is 0.590. The molecule has 0 amide bonds. The van der Waals surface area contributed by atoms with Gasteiger partial charge in [0.15, 0.2) is 0 Å². The fraction of sp³-hybridized carbons (Fsp3) is 0.429. The average molecular weight is 366 g/mol. The molecule has 0 aliphatic heterocycles. The molecular formula is C21H25Y+2. The summed E-state index contributed by atoms with van der Waals surface area (Å²) in [5.41, 5.74) is 4.07. The molecule has 1 heteroatoms. The number of hydrogen-bond donors (Lipinski definition) is 0. The molecule has 110 valence electrons. The van der Waals surface area contributed by atoms with Crippen LogP contribution in [-0.4, -0.2) is 0 Å². The molecule has 1 aliphatic rings. The van der Waals surface area contributed by atoms with Gasteiger partial charge in [0.25, 0.3) is 0 Å². The first-order valence-electron chi connectivity index (χ1n) is 8.36. The van der Waals surface area contributed by atoms with Crippen molar-refractivity contribution in [2.45, 2.75) is 45.4 Å². The van der Waals surface area contributed by atoms with Crippen LogP contribution >= 0.6 is 0 Å². The number of rotatable bonds is 4. The molecule has 1 saturated carbocycles. The van der Waals surface area contributed by atoms with Crippen LogP contribution in [0.4, 0.5) is 0 Å². The van der Waals surface area contributed by atoms with Crippen LogP contribution in [0.2, 0.25) is 0 Å². The van der Waals surface area contributed by atoms with Gasteiger partial charge in [0.05, 0.1) is 0 Å². The van der Waals surface area contributed by atoms with Crippen LogP contribution in [0.25, 0.3) is 11.1 Å². The number of benzene rings is 2. The van der Waals surface area contributed by atoms with E-state index in [0.717, 1.165) is 11.8 Å². The van der Waals surface area contributed by atoms with E-state index in [-0.39, 0.29) is 32.7 Å². The Bertz CT molecular complexity index is 536. The molecule has 1 fully saturated rings. The molecule has 0 N–H and O–H groups in total. The topological polar surface area (TPSA) is 0 Å². The van der Waals surface area contributed by atoms with Gasteiger partial charge in [-0.25, -0.2) is 0 Å². The van der Waals surface area contributed by atoms with Crippen LogP contribution in [0.3, 0.4) is 0 Å². The number of hydrogen-bond acceptors (Lipinski definition) is 0. The predicted molar refractivity (Wildman–Crippen MR) is 90.2 cm³/mol. The molecule has 0 saturated heterocycles. The molecule has 0 bridgehead atoms. The molecule has 2 aromatic rings. The molecule has 3 rings (SSSR count). The maximum absolute atomic E-state index is 3.07. The van der Waals surface area contributed by atoms with E-state index in [1.54, 1.807) is 0 Å². The molecule has 0 unspecified atom stereocenters. The third kappa shape index (κ3) is 5.03. The molecular weight excluding hydrogens is 341 g/mol. The minimum absolute atomic E-state index is 0. The van der Waals surface area contributed by atoms with E-state index in [4.69, 9.17) is 0 Å². The van der Waals surface area contributed by atoms with Crippen LogP contribution in [-0.2, 0) is 39.1 Å². The van der Waals surface area contributed by atoms with E-state index in [1.807, 2.05) is 12.1 Å². The van der Waals surface area contributed by atoms with Gasteiger partial charge < -0.3 is 0 Å². The van der Waals surface area contributed by atoms with Gasteiger partial charge in [-0.2, -0.15) is 30.3 Å². The molecule has 0 aromatic heterocycles. The summed E-state index contributed by atoms with van der Waals surface area (Å²) in [6.07, 6.45) is 8.37. The van der Waals surface area contributed by atoms with Crippen molar-refractivity contribution in [1.29, 1.82) is 0 Å². The van der Waals surface area contributed by atoms with E-state index < -0.39 is 0 Å². The minimum atomic E-state index is 0. The Morgan fingerprint density at radius 3 is 2.09 bits per heavy atom. The largest absolute Gasteiger partial charge is 3.00 e. The summed E-state index contributed by atoms with van der Waals surface area (Å²) >= 11 is 0. The zero-order valence-electron chi connectivity index (χ0n) is 13.6. The van der Waals surface area contributed by atoms with Gasteiger partial charge in [0.1, 0.15) is 0 Å². The molecule has 0 heterocycles. The van der Waals surface area contributed by atoms with E-state index in [9.17, 15) is 0 Å². The first kappa shape index (κ1) is 17.9. The predicted octanol–water partition coefficient (Wildman–Crippen LogP) is 5.91. The maximum Gasteiger partial charge on any atom is 3.00 e. The van der Waals surface area contributed by atoms with Crippen molar-refractivity contribution in [1.82, 2.24) is 0 Å². The van der Waals surface area contributed by atoms with E-state index >= 15 is 0 Å². The van der Waals surface area contributed by atoms with Gasteiger partial charge in [-0.05, 0) is 35.8 Å². The SMILES string of the molecule is CC1CCC(CCc2ccc(-c3cc[c-]cc3)cc2)CC1.[Y+3]. The molecule has 2 aromatic carbocycles. The Balaban J connectivity index is 0.00000176. The smallest absolute Gasteiger partial charge is 0.184 e. The van der Waals surface area contributed by atoms with Gasteiger partial charge >= 0.3 is 32.7 Å². The first-order valence-corrected chi connectivity index (χ1v) is 8.36. The zero-order valence-corrected chi connectivity index (χ0v) is 16.4. The Labute approximate surface area is 160 Å². The molecule has 0 spiro atoms. The van der Waals surface area contributed by atoms with E-state index in [2.05, 4.69) is 49.4 Å². The fourth-order valence-corrected chi connectivity index (χ4v) is 3.43. The fourth-order valence-electron chi connectivity index (χ4n) is 3.43. The first-order chi connectivity index (χ1) is 10.3. The van der Waals surface area contributed by atoms with Gasteiger partial charge in [-0.15, -0.1) is 5.56 Å². The Morgan fingerprint density at radius 1 is 0.864 bits per heavy atom. The number of aryl methyl sites for hydroxylation is 1. The molecule has 22 heavy (non-hydrogen) atoms. The van der Waals surface area contributed by atoms with Crippen molar-refractivity contribution in [3.8, 4) is 11.1 Å². The van der Waals surface area contributed by atoms with Crippen molar-refractivity contribution in [2.24, 2.45) is 11.8 Å². The minimum Gasteiger partial charge on any atom is -0.184 e. The third-order valence-electron chi connectivity index (χ3n) is 4.98. The van der Waals surface area contributed by atoms with E-state index in [1.165, 1.54) is 55.2 Å². The van der Waals surface area contributed by atoms with Crippen molar-refractivity contribution in [3.05, 3.63) is 60.2 Å².